The second-order valence-electron chi connectivity index (χ2n) is 6.99. The fraction of sp³-hybridized carbons (Fsp3) is 0.450. The maximum atomic E-state index is 5.49. The molecule has 4 rings (SSSR count). The van der Waals surface area contributed by atoms with Crippen LogP contribution in [0.2, 0.25) is 0 Å². The minimum atomic E-state index is 0.393. The number of nitrogens with zero attached hydrogens (tertiary/aromatic N) is 4. The molecule has 0 aliphatic carbocycles. The number of hydrogen-bond donors (Lipinski definition) is 0. The van der Waals surface area contributed by atoms with Crippen LogP contribution in [0.4, 0.5) is 0 Å². The minimum absolute atomic E-state index is 0.393. The van der Waals surface area contributed by atoms with Crippen LogP contribution in [0.15, 0.2) is 36.7 Å². The van der Waals surface area contributed by atoms with Crippen LogP contribution < -0.4 is 0 Å². The Morgan fingerprint density at radius 1 is 1.24 bits per heavy atom. The summed E-state index contributed by atoms with van der Waals surface area (Å²) < 4.78 is 9.76. The van der Waals surface area contributed by atoms with E-state index in [1.54, 1.807) is 7.11 Å². The summed E-state index contributed by atoms with van der Waals surface area (Å²) in [5.74, 6) is 0.393. The summed E-state index contributed by atoms with van der Waals surface area (Å²) in [5.41, 5.74) is 5.24. The Balaban J connectivity index is 1.62. The molecule has 0 spiro atoms. The van der Waals surface area contributed by atoms with Crippen LogP contribution >= 0.6 is 0 Å². The summed E-state index contributed by atoms with van der Waals surface area (Å²) in [6, 6.07) is 8.63. The van der Waals surface area contributed by atoms with Gasteiger partial charge in [-0.05, 0) is 18.6 Å². The van der Waals surface area contributed by atoms with Gasteiger partial charge in [0.15, 0.2) is 0 Å². The van der Waals surface area contributed by atoms with E-state index >= 15 is 0 Å². The molecule has 5 heteroatoms. The standard InChI is InChI=1S/C20H26N4O/c1-4-24-12-18-16(14-25-3)11-23(13-19(18)21-24)10-15-9-22(2)20-8-6-5-7-17(15)20/h5-9,12,16H,4,10-11,13-14H2,1-3H3. The molecule has 132 valence electrons. The quantitative estimate of drug-likeness (QED) is 0.717. The van der Waals surface area contributed by atoms with Crippen molar-refractivity contribution >= 4 is 10.9 Å². The third-order valence-electron chi connectivity index (χ3n) is 5.23. The van der Waals surface area contributed by atoms with Crippen molar-refractivity contribution in [1.29, 1.82) is 0 Å². The summed E-state index contributed by atoms with van der Waals surface area (Å²) in [4.78, 5) is 2.50. The largest absolute Gasteiger partial charge is 0.384 e. The zero-order valence-corrected chi connectivity index (χ0v) is 15.3. The van der Waals surface area contributed by atoms with Crippen molar-refractivity contribution in [3.05, 3.63) is 53.5 Å². The second-order valence-corrected chi connectivity index (χ2v) is 6.99. The molecule has 3 aromatic rings. The van der Waals surface area contributed by atoms with E-state index in [1.165, 1.54) is 27.7 Å². The first kappa shape index (κ1) is 16.4. The van der Waals surface area contributed by atoms with Gasteiger partial charge in [0.05, 0.1) is 12.3 Å². The van der Waals surface area contributed by atoms with E-state index in [-0.39, 0.29) is 0 Å². The Kier molecular flexibility index (Phi) is 4.36. The molecule has 1 unspecified atom stereocenters. The van der Waals surface area contributed by atoms with Crippen molar-refractivity contribution in [1.82, 2.24) is 19.2 Å². The SMILES string of the molecule is CCn1cc2c(n1)CN(Cc1cn(C)c3ccccc13)CC2COC. The van der Waals surface area contributed by atoms with Crippen molar-refractivity contribution < 1.29 is 4.74 Å². The first-order valence-electron chi connectivity index (χ1n) is 9.00. The highest BCUT2D eigenvalue weighted by Gasteiger charge is 2.28. The molecule has 1 aliphatic heterocycles. The molecule has 0 saturated heterocycles. The van der Waals surface area contributed by atoms with Crippen LogP contribution in [0, 0.1) is 0 Å². The molecule has 0 amide bonds. The lowest BCUT2D eigenvalue weighted by atomic mass is 9.95. The fourth-order valence-electron chi connectivity index (χ4n) is 4.05. The van der Waals surface area contributed by atoms with Gasteiger partial charge in [-0.3, -0.25) is 9.58 Å². The number of rotatable bonds is 5. The van der Waals surface area contributed by atoms with Crippen molar-refractivity contribution in [3.8, 4) is 0 Å². The lowest BCUT2D eigenvalue weighted by molar-refractivity contribution is 0.135. The number of para-hydroxylation sites is 1. The molecule has 0 bridgehead atoms. The Labute approximate surface area is 148 Å². The van der Waals surface area contributed by atoms with Gasteiger partial charge in [0, 0.05) is 75.1 Å². The topological polar surface area (TPSA) is 35.2 Å². The summed E-state index contributed by atoms with van der Waals surface area (Å²) >= 11 is 0. The maximum Gasteiger partial charge on any atom is 0.0801 e. The molecule has 1 aliphatic rings. The summed E-state index contributed by atoms with van der Waals surface area (Å²) in [6.45, 7) is 6.66. The van der Waals surface area contributed by atoms with E-state index in [9.17, 15) is 0 Å². The van der Waals surface area contributed by atoms with E-state index in [2.05, 4.69) is 64.8 Å². The van der Waals surface area contributed by atoms with Gasteiger partial charge in [0.2, 0.25) is 0 Å². The van der Waals surface area contributed by atoms with Crippen LogP contribution in [0.25, 0.3) is 10.9 Å². The summed E-state index contributed by atoms with van der Waals surface area (Å²) in [5, 5.41) is 6.12. The van der Waals surface area contributed by atoms with Gasteiger partial charge in [-0.25, -0.2) is 0 Å². The maximum absolute atomic E-state index is 5.49. The number of aryl methyl sites for hydroxylation is 2. The van der Waals surface area contributed by atoms with Gasteiger partial charge in [-0.2, -0.15) is 5.10 Å². The average molecular weight is 338 g/mol. The highest BCUT2D eigenvalue weighted by atomic mass is 16.5. The number of ether oxygens (including phenoxy) is 1. The average Bonchev–Trinajstić information content (AvgIpc) is 3.17. The zero-order valence-electron chi connectivity index (χ0n) is 15.3. The normalized spacial score (nSPS) is 18.0. The molecular weight excluding hydrogens is 312 g/mol. The van der Waals surface area contributed by atoms with E-state index in [1.807, 2.05) is 0 Å². The van der Waals surface area contributed by atoms with Crippen LogP contribution in [-0.2, 0) is 31.4 Å². The molecule has 25 heavy (non-hydrogen) atoms. The van der Waals surface area contributed by atoms with Gasteiger partial charge in [-0.15, -0.1) is 0 Å². The molecule has 1 atom stereocenters. The second kappa shape index (κ2) is 6.65. The predicted molar refractivity (Wildman–Crippen MR) is 99.6 cm³/mol. The van der Waals surface area contributed by atoms with Crippen LogP contribution in [0.3, 0.4) is 0 Å². The van der Waals surface area contributed by atoms with E-state index in [0.29, 0.717) is 5.92 Å². The van der Waals surface area contributed by atoms with Crippen molar-refractivity contribution in [3.63, 3.8) is 0 Å². The number of methoxy groups -OCH3 is 1. The number of benzene rings is 1. The Bertz CT molecular complexity index is 879. The van der Waals surface area contributed by atoms with Crippen LogP contribution in [0.1, 0.15) is 29.7 Å². The first-order valence-corrected chi connectivity index (χ1v) is 9.00. The van der Waals surface area contributed by atoms with Gasteiger partial charge in [0.25, 0.3) is 0 Å². The molecule has 0 N–H and O–H groups in total. The van der Waals surface area contributed by atoms with E-state index in [4.69, 9.17) is 9.84 Å². The highest BCUT2D eigenvalue weighted by molar-refractivity contribution is 5.83. The van der Waals surface area contributed by atoms with E-state index < -0.39 is 0 Å². The van der Waals surface area contributed by atoms with Crippen molar-refractivity contribution in [2.75, 3.05) is 20.3 Å². The first-order chi connectivity index (χ1) is 12.2. The monoisotopic (exact) mass is 338 g/mol. The molecule has 0 radical (unpaired) electrons. The molecule has 1 aromatic carbocycles. The van der Waals surface area contributed by atoms with Gasteiger partial charge in [-0.1, -0.05) is 18.2 Å². The lowest BCUT2D eigenvalue weighted by Gasteiger charge is -2.31. The molecule has 0 saturated carbocycles. The van der Waals surface area contributed by atoms with Gasteiger partial charge >= 0.3 is 0 Å². The van der Waals surface area contributed by atoms with Gasteiger partial charge in [0.1, 0.15) is 0 Å². The molecule has 2 aromatic heterocycles. The molecular formula is C20H26N4O. The Morgan fingerprint density at radius 2 is 2.08 bits per heavy atom. The van der Waals surface area contributed by atoms with Crippen LogP contribution in [-0.4, -0.2) is 39.5 Å². The third-order valence-corrected chi connectivity index (χ3v) is 5.23. The Hall–Kier alpha value is -2.11. The van der Waals surface area contributed by atoms with Crippen molar-refractivity contribution in [2.24, 2.45) is 7.05 Å². The molecule has 5 nitrogen and oxygen atoms in total. The number of hydrogen-bond acceptors (Lipinski definition) is 3. The Morgan fingerprint density at radius 3 is 2.88 bits per heavy atom. The highest BCUT2D eigenvalue weighted by Crippen LogP contribution is 2.30. The van der Waals surface area contributed by atoms with Crippen LogP contribution in [0.5, 0.6) is 0 Å². The molecule has 3 heterocycles. The third kappa shape index (κ3) is 2.98. The summed E-state index contributed by atoms with van der Waals surface area (Å²) in [6.07, 6.45) is 4.46. The lowest BCUT2D eigenvalue weighted by Crippen LogP contribution is -2.34. The zero-order chi connectivity index (χ0) is 17.4. The van der Waals surface area contributed by atoms with Crippen molar-refractivity contribution in [2.45, 2.75) is 32.5 Å². The van der Waals surface area contributed by atoms with E-state index in [0.717, 1.165) is 32.8 Å². The minimum Gasteiger partial charge on any atom is -0.384 e. The smallest absolute Gasteiger partial charge is 0.0801 e. The fourth-order valence-corrected chi connectivity index (χ4v) is 4.05. The van der Waals surface area contributed by atoms with Gasteiger partial charge < -0.3 is 9.30 Å². The number of aromatic nitrogens is 3. The number of fused-ring (bicyclic) bond motifs is 2. The summed E-state index contributed by atoms with van der Waals surface area (Å²) in [7, 11) is 3.91. The molecule has 0 fully saturated rings. The predicted octanol–water partition coefficient (Wildman–Crippen LogP) is 3.14.